The lowest BCUT2D eigenvalue weighted by molar-refractivity contribution is 0.0784. The van der Waals surface area contributed by atoms with Crippen molar-refractivity contribution in [1.29, 1.82) is 0 Å². The Labute approximate surface area is 108 Å². The summed E-state index contributed by atoms with van der Waals surface area (Å²) in [6.07, 6.45) is 5.96. The molecule has 0 aromatic carbocycles. The summed E-state index contributed by atoms with van der Waals surface area (Å²) >= 11 is 0. The van der Waals surface area contributed by atoms with E-state index < -0.39 is 0 Å². The average molecular weight is 250 g/mol. The Hall–Kier alpha value is -1.29. The van der Waals surface area contributed by atoms with Crippen molar-refractivity contribution in [2.24, 2.45) is 11.7 Å². The second kappa shape index (κ2) is 5.14. The third kappa shape index (κ3) is 2.29. The van der Waals surface area contributed by atoms with Crippen LogP contribution in [-0.2, 0) is 0 Å². The number of carbonyl (C=O) groups excluding carboxylic acids is 1. The smallest absolute Gasteiger partial charge is 0.287 e. The minimum absolute atomic E-state index is 0.142. The molecule has 1 aliphatic rings. The molecule has 1 amide bonds. The second-order valence-electron chi connectivity index (χ2n) is 5.39. The van der Waals surface area contributed by atoms with Crippen molar-refractivity contribution in [3.8, 4) is 0 Å². The highest BCUT2D eigenvalue weighted by molar-refractivity contribution is 5.93. The molecular formula is C14H22N2O2. The van der Waals surface area contributed by atoms with Gasteiger partial charge in [-0.25, -0.2) is 0 Å². The van der Waals surface area contributed by atoms with Crippen LogP contribution in [0.5, 0.6) is 0 Å². The molecule has 1 fully saturated rings. The highest BCUT2D eigenvalue weighted by Gasteiger charge is 2.39. The molecule has 2 rings (SSSR count). The van der Waals surface area contributed by atoms with E-state index in [1.54, 1.807) is 12.3 Å². The van der Waals surface area contributed by atoms with E-state index in [-0.39, 0.29) is 11.4 Å². The number of rotatable bonds is 3. The molecule has 0 bridgehead atoms. The van der Waals surface area contributed by atoms with Crippen LogP contribution in [0.4, 0.5) is 0 Å². The van der Waals surface area contributed by atoms with Crippen molar-refractivity contribution in [2.45, 2.75) is 45.1 Å². The Morgan fingerprint density at radius 1 is 1.61 bits per heavy atom. The Morgan fingerprint density at radius 2 is 2.39 bits per heavy atom. The molecule has 0 radical (unpaired) electrons. The van der Waals surface area contributed by atoms with Crippen molar-refractivity contribution in [3.05, 3.63) is 23.7 Å². The number of hydrogen-bond donors (Lipinski definition) is 2. The molecule has 4 nitrogen and oxygen atoms in total. The summed E-state index contributed by atoms with van der Waals surface area (Å²) in [5, 5.41) is 3.12. The molecule has 1 heterocycles. The maximum Gasteiger partial charge on any atom is 0.287 e. The van der Waals surface area contributed by atoms with Gasteiger partial charge in [0.1, 0.15) is 0 Å². The van der Waals surface area contributed by atoms with Gasteiger partial charge in [-0.05, 0) is 31.7 Å². The van der Waals surface area contributed by atoms with Gasteiger partial charge >= 0.3 is 0 Å². The van der Waals surface area contributed by atoms with Crippen molar-refractivity contribution in [2.75, 3.05) is 6.54 Å². The van der Waals surface area contributed by atoms with E-state index >= 15 is 0 Å². The minimum Gasteiger partial charge on any atom is -0.459 e. The number of nitrogens with one attached hydrogen (secondary N) is 1. The molecule has 1 aromatic rings. The topological polar surface area (TPSA) is 68.3 Å². The van der Waals surface area contributed by atoms with Crippen molar-refractivity contribution in [3.63, 3.8) is 0 Å². The summed E-state index contributed by atoms with van der Waals surface area (Å²) in [6.45, 7) is 4.53. The quantitative estimate of drug-likeness (QED) is 0.864. The van der Waals surface area contributed by atoms with E-state index in [1.807, 2.05) is 6.92 Å². The van der Waals surface area contributed by atoms with Crippen LogP contribution in [0, 0.1) is 12.8 Å². The van der Waals surface area contributed by atoms with E-state index in [2.05, 4.69) is 12.2 Å². The van der Waals surface area contributed by atoms with E-state index in [0.717, 1.165) is 24.8 Å². The number of aryl methyl sites for hydroxylation is 1. The van der Waals surface area contributed by atoms with Crippen LogP contribution >= 0.6 is 0 Å². The van der Waals surface area contributed by atoms with Gasteiger partial charge in [-0.3, -0.25) is 4.79 Å². The molecule has 2 atom stereocenters. The number of amides is 1. The Bertz CT molecular complexity index is 427. The molecule has 2 unspecified atom stereocenters. The van der Waals surface area contributed by atoms with E-state index in [0.29, 0.717) is 18.2 Å². The van der Waals surface area contributed by atoms with Crippen LogP contribution in [0.3, 0.4) is 0 Å². The highest BCUT2D eigenvalue weighted by atomic mass is 16.3. The van der Waals surface area contributed by atoms with Gasteiger partial charge in [0, 0.05) is 12.1 Å². The standard InChI is InChI=1S/C14H22N2O2/c1-10-6-8-18-12(10)13(17)16-14(9-15)7-4-3-5-11(14)2/h6,8,11H,3-5,7,9,15H2,1-2H3,(H,16,17). The largest absolute Gasteiger partial charge is 0.459 e. The highest BCUT2D eigenvalue weighted by Crippen LogP contribution is 2.33. The molecule has 1 saturated carbocycles. The molecule has 4 heteroatoms. The van der Waals surface area contributed by atoms with Gasteiger partial charge in [-0.2, -0.15) is 0 Å². The van der Waals surface area contributed by atoms with Crippen LogP contribution in [0.15, 0.2) is 16.7 Å². The molecule has 0 aliphatic heterocycles. The van der Waals surface area contributed by atoms with Crippen LogP contribution in [0.2, 0.25) is 0 Å². The zero-order valence-corrected chi connectivity index (χ0v) is 11.2. The number of nitrogens with two attached hydrogens (primary N) is 1. The summed E-state index contributed by atoms with van der Waals surface area (Å²) in [4.78, 5) is 12.2. The van der Waals surface area contributed by atoms with Gasteiger partial charge in [-0.15, -0.1) is 0 Å². The molecule has 0 saturated heterocycles. The molecule has 0 spiro atoms. The molecular weight excluding hydrogens is 228 g/mol. The lowest BCUT2D eigenvalue weighted by atomic mass is 9.73. The summed E-state index contributed by atoms with van der Waals surface area (Å²) in [5.41, 5.74) is 6.52. The SMILES string of the molecule is Cc1ccoc1C(=O)NC1(CN)CCCCC1C. The Balaban J connectivity index is 2.15. The zero-order valence-electron chi connectivity index (χ0n) is 11.2. The van der Waals surface area contributed by atoms with Gasteiger partial charge in [0.25, 0.3) is 5.91 Å². The molecule has 18 heavy (non-hydrogen) atoms. The summed E-state index contributed by atoms with van der Waals surface area (Å²) < 4.78 is 5.24. The van der Waals surface area contributed by atoms with E-state index in [9.17, 15) is 4.79 Å². The fourth-order valence-corrected chi connectivity index (χ4v) is 2.84. The van der Waals surface area contributed by atoms with Gasteiger partial charge in [0.2, 0.25) is 0 Å². The number of carbonyl (C=O) groups is 1. The van der Waals surface area contributed by atoms with Gasteiger partial charge in [0.05, 0.1) is 11.8 Å². The van der Waals surface area contributed by atoms with Gasteiger partial charge in [-0.1, -0.05) is 19.8 Å². The molecule has 3 N–H and O–H groups in total. The summed E-state index contributed by atoms with van der Waals surface area (Å²) in [6, 6.07) is 1.80. The first-order chi connectivity index (χ1) is 8.59. The van der Waals surface area contributed by atoms with Gasteiger partial charge < -0.3 is 15.5 Å². The van der Waals surface area contributed by atoms with Crippen molar-refractivity contribution in [1.82, 2.24) is 5.32 Å². The van der Waals surface area contributed by atoms with Gasteiger partial charge in [0.15, 0.2) is 5.76 Å². The normalized spacial score (nSPS) is 28.1. The lowest BCUT2D eigenvalue weighted by Gasteiger charge is -2.42. The van der Waals surface area contributed by atoms with Crippen LogP contribution < -0.4 is 11.1 Å². The zero-order chi connectivity index (χ0) is 13.2. The third-order valence-electron chi connectivity index (χ3n) is 4.25. The Morgan fingerprint density at radius 3 is 2.94 bits per heavy atom. The lowest BCUT2D eigenvalue weighted by Crippen LogP contribution is -2.59. The maximum atomic E-state index is 12.2. The predicted molar refractivity (Wildman–Crippen MR) is 70.3 cm³/mol. The molecule has 1 aliphatic carbocycles. The fourth-order valence-electron chi connectivity index (χ4n) is 2.84. The van der Waals surface area contributed by atoms with Crippen LogP contribution in [0.1, 0.15) is 48.7 Å². The van der Waals surface area contributed by atoms with Crippen LogP contribution in [0.25, 0.3) is 0 Å². The number of hydrogen-bond acceptors (Lipinski definition) is 3. The monoisotopic (exact) mass is 250 g/mol. The Kier molecular flexibility index (Phi) is 3.76. The fraction of sp³-hybridized carbons (Fsp3) is 0.643. The maximum absolute atomic E-state index is 12.2. The second-order valence-corrected chi connectivity index (χ2v) is 5.39. The first-order valence-electron chi connectivity index (χ1n) is 6.66. The summed E-state index contributed by atoms with van der Waals surface area (Å²) in [5.74, 6) is 0.674. The average Bonchev–Trinajstić information content (AvgIpc) is 2.78. The molecule has 100 valence electrons. The minimum atomic E-state index is -0.269. The predicted octanol–water partition coefficient (Wildman–Crippen LogP) is 2.23. The first-order valence-corrected chi connectivity index (χ1v) is 6.66. The van der Waals surface area contributed by atoms with E-state index in [4.69, 9.17) is 10.2 Å². The summed E-state index contributed by atoms with van der Waals surface area (Å²) in [7, 11) is 0. The van der Waals surface area contributed by atoms with E-state index in [1.165, 1.54) is 6.42 Å². The molecule has 1 aromatic heterocycles. The van der Waals surface area contributed by atoms with Crippen LogP contribution in [-0.4, -0.2) is 18.0 Å². The number of furan rings is 1. The third-order valence-corrected chi connectivity index (χ3v) is 4.25. The first kappa shape index (κ1) is 13.1. The van der Waals surface area contributed by atoms with Crippen molar-refractivity contribution >= 4 is 5.91 Å². The van der Waals surface area contributed by atoms with Crippen molar-refractivity contribution < 1.29 is 9.21 Å².